The quantitative estimate of drug-likeness (QED) is 0.756. The molecule has 2 rings (SSSR count). The highest BCUT2D eigenvalue weighted by Crippen LogP contribution is 2.26. The fourth-order valence-corrected chi connectivity index (χ4v) is 2.53. The molecule has 1 N–H and O–H groups in total. The van der Waals surface area contributed by atoms with Crippen molar-refractivity contribution in [3.63, 3.8) is 0 Å². The Kier molecular flexibility index (Phi) is 5.22. The Morgan fingerprint density at radius 1 is 1.20 bits per heavy atom. The molecule has 0 fully saturated rings. The molecular formula is C17H25N3. The minimum atomic E-state index is 0.349. The first kappa shape index (κ1) is 14.6. The van der Waals surface area contributed by atoms with Crippen molar-refractivity contribution in [3.05, 3.63) is 47.8 Å². The summed E-state index contributed by atoms with van der Waals surface area (Å²) in [6, 6.07) is 11.0. The standard InChI is InChI=1S/C17H25N3/c1-4-6-12-18-17-19-14(3)13-20(17)16(5-2)15-10-8-7-9-11-15/h7-11,13,16H,4-6,12H2,1-3H3,(H,18,19). The minimum Gasteiger partial charge on any atom is -0.356 e. The van der Waals surface area contributed by atoms with Crippen LogP contribution in [0, 0.1) is 6.92 Å². The second-order valence-electron chi connectivity index (χ2n) is 5.23. The highest BCUT2D eigenvalue weighted by molar-refractivity contribution is 5.33. The third-order valence-electron chi connectivity index (χ3n) is 3.57. The Morgan fingerprint density at radius 3 is 2.60 bits per heavy atom. The predicted molar refractivity (Wildman–Crippen MR) is 85.2 cm³/mol. The van der Waals surface area contributed by atoms with Gasteiger partial charge in [0.15, 0.2) is 0 Å². The van der Waals surface area contributed by atoms with E-state index in [2.05, 4.69) is 72.2 Å². The molecule has 0 spiro atoms. The van der Waals surface area contributed by atoms with E-state index in [9.17, 15) is 0 Å². The molecular weight excluding hydrogens is 246 g/mol. The molecule has 0 amide bonds. The highest BCUT2D eigenvalue weighted by atomic mass is 15.2. The first-order valence-corrected chi connectivity index (χ1v) is 7.60. The molecule has 3 heteroatoms. The third-order valence-corrected chi connectivity index (χ3v) is 3.57. The SMILES string of the molecule is CCCCNc1nc(C)cn1C(CC)c1ccccc1. The van der Waals surface area contributed by atoms with Crippen LogP contribution < -0.4 is 5.32 Å². The van der Waals surface area contributed by atoms with Gasteiger partial charge in [0.1, 0.15) is 0 Å². The average Bonchev–Trinajstić information content (AvgIpc) is 2.82. The molecule has 0 aliphatic carbocycles. The summed E-state index contributed by atoms with van der Waals surface area (Å²) >= 11 is 0. The third kappa shape index (κ3) is 3.41. The lowest BCUT2D eigenvalue weighted by atomic mass is 10.0. The molecule has 2 aromatic rings. The summed E-state index contributed by atoms with van der Waals surface area (Å²) in [5.41, 5.74) is 2.41. The van der Waals surface area contributed by atoms with Gasteiger partial charge in [-0.1, -0.05) is 50.6 Å². The molecule has 0 saturated carbocycles. The Balaban J connectivity index is 2.25. The number of hydrogen-bond donors (Lipinski definition) is 1. The summed E-state index contributed by atoms with van der Waals surface area (Å²) in [5.74, 6) is 0.992. The summed E-state index contributed by atoms with van der Waals surface area (Å²) in [6.45, 7) is 7.47. The van der Waals surface area contributed by atoms with Crippen LogP contribution in [0.15, 0.2) is 36.5 Å². The number of benzene rings is 1. The fourth-order valence-electron chi connectivity index (χ4n) is 2.53. The molecule has 108 valence electrons. The predicted octanol–water partition coefficient (Wildman–Crippen LogP) is 4.40. The number of anilines is 1. The van der Waals surface area contributed by atoms with Gasteiger partial charge in [0.2, 0.25) is 5.95 Å². The van der Waals surface area contributed by atoms with Crippen LogP contribution in [0.2, 0.25) is 0 Å². The second-order valence-corrected chi connectivity index (χ2v) is 5.23. The molecule has 3 nitrogen and oxygen atoms in total. The number of hydrogen-bond acceptors (Lipinski definition) is 2. The van der Waals surface area contributed by atoms with Crippen LogP contribution in [0.25, 0.3) is 0 Å². The zero-order valence-electron chi connectivity index (χ0n) is 12.8. The molecule has 0 aliphatic rings. The van der Waals surface area contributed by atoms with Crippen LogP contribution in [0.5, 0.6) is 0 Å². The summed E-state index contributed by atoms with van der Waals surface area (Å²) in [5, 5.41) is 3.47. The summed E-state index contributed by atoms with van der Waals surface area (Å²) in [4.78, 5) is 4.63. The zero-order valence-corrected chi connectivity index (χ0v) is 12.8. The lowest BCUT2D eigenvalue weighted by molar-refractivity contribution is 0.570. The summed E-state index contributed by atoms with van der Waals surface area (Å²) in [7, 11) is 0. The van der Waals surface area contributed by atoms with Crippen molar-refractivity contribution in [3.8, 4) is 0 Å². The van der Waals surface area contributed by atoms with Crippen LogP contribution in [0.4, 0.5) is 5.95 Å². The van der Waals surface area contributed by atoms with Crippen molar-refractivity contribution in [2.24, 2.45) is 0 Å². The number of rotatable bonds is 7. The van der Waals surface area contributed by atoms with E-state index in [1.54, 1.807) is 0 Å². The van der Waals surface area contributed by atoms with Crippen molar-refractivity contribution < 1.29 is 0 Å². The Labute approximate surface area is 122 Å². The van der Waals surface area contributed by atoms with Gasteiger partial charge in [-0.05, 0) is 25.3 Å². The molecule has 1 atom stereocenters. The highest BCUT2D eigenvalue weighted by Gasteiger charge is 2.15. The Morgan fingerprint density at radius 2 is 1.95 bits per heavy atom. The monoisotopic (exact) mass is 271 g/mol. The molecule has 1 heterocycles. The zero-order chi connectivity index (χ0) is 14.4. The van der Waals surface area contributed by atoms with E-state index in [-0.39, 0.29) is 0 Å². The van der Waals surface area contributed by atoms with E-state index in [1.807, 2.05) is 0 Å². The number of imidazole rings is 1. The van der Waals surface area contributed by atoms with Gasteiger partial charge < -0.3 is 9.88 Å². The summed E-state index contributed by atoms with van der Waals surface area (Å²) < 4.78 is 2.28. The molecule has 0 bridgehead atoms. The van der Waals surface area contributed by atoms with Crippen LogP contribution in [-0.2, 0) is 0 Å². The maximum absolute atomic E-state index is 4.63. The molecule has 1 unspecified atom stereocenters. The molecule has 0 aliphatic heterocycles. The molecule has 0 saturated heterocycles. The van der Waals surface area contributed by atoms with E-state index in [0.717, 1.165) is 24.6 Å². The van der Waals surface area contributed by atoms with Gasteiger partial charge in [-0.15, -0.1) is 0 Å². The largest absolute Gasteiger partial charge is 0.356 e. The number of nitrogens with one attached hydrogen (secondary N) is 1. The van der Waals surface area contributed by atoms with Crippen molar-refractivity contribution in [2.45, 2.75) is 46.1 Å². The molecule has 0 radical (unpaired) electrons. The molecule has 20 heavy (non-hydrogen) atoms. The van der Waals surface area contributed by atoms with Crippen LogP contribution in [0.3, 0.4) is 0 Å². The fraction of sp³-hybridized carbons (Fsp3) is 0.471. The van der Waals surface area contributed by atoms with Gasteiger partial charge in [0, 0.05) is 12.7 Å². The molecule has 1 aromatic carbocycles. The van der Waals surface area contributed by atoms with Gasteiger partial charge in [-0.2, -0.15) is 0 Å². The minimum absolute atomic E-state index is 0.349. The Hall–Kier alpha value is -1.77. The van der Waals surface area contributed by atoms with E-state index in [1.165, 1.54) is 18.4 Å². The maximum atomic E-state index is 4.63. The van der Waals surface area contributed by atoms with Gasteiger partial charge in [0.25, 0.3) is 0 Å². The van der Waals surface area contributed by atoms with E-state index >= 15 is 0 Å². The number of unbranched alkanes of at least 4 members (excludes halogenated alkanes) is 1. The van der Waals surface area contributed by atoms with Crippen LogP contribution >= 0.6 is 0 Å². The van der Waals surface area contributed by atoms with Crippen molar-refractivity contribution in [1.29, 1.82) is 0 Å². The van der Waals surface area contributed by atoms with Crippen LogP contribution in [-0.4, -0.2) is 16.1 Å². The van der Waals surface area contributed by atoms with E-state index in [0.29, 0.717) is 6.04 Å². The molecule has 1 aromatic heterocycles. The first-order chi connectivity index (χ1) is 9.76. The van der Waals surface area contributed by atoms with Crippen molar-refractivity contribution in [1.82, 2.24) is 9.55 Å². The maximum Gasteiger partial charge on any atom is 0.203 e. The normalized spacial score (nSPS) is 12.3. The van der Waals surface area contributed by atoms with Gasteiger partial charge in [0.05, 0.1) is 11.7 Å². The number of aromatic nitrogens is 2. The number of nitrogens with zero attached hydrogens (tertiary/aromatic N) is 2. The summed E-state index contributed by atoms with van der Waals surface area (Å²) in [6.07, 6.45) is 5.58. The van der Waals surface area contributed by atoms with Gasteiger partial charge in [-0.25, -0.2) is 4.98 Å². The van der Waals surface area contributed by atoms with Gasteiger partial charge in [-0.3, -0.25) is 0 Å². The number of aryl methyl sites for hydroxylation is 1. The lowest BCUT2D eigenvalue weighted by Crippen LogP contribution is -2.14. The lowest BCUT2D eigenvalue weighted by Gasteiger charge is -2.20. The van der Waals surface area contributed by atoms with Gasteiger partial charge >= 0.3 is 0 Å². The van der Waals surface area contributed by atoms with E-state index in [4.69, 9.17) is 0 Å². The first-order valence-electron chi connectivity index (χ1n) is 7.60. The van der Waals surface area contributed by atoms with Crippen molar-refractivity contribution in [2.75, 3.05) is 11.9 Å². The topological polar surface area (TPSA) is 29.9 Å². The van der Waals surface area contributed by atoms with Crippen LogP contribution in [0.1, 0.15) is 50.4 Å². The Bertz CT molecular complexity index is 516. The van der Waals surface area contributed by atoms with E-state index < -0.39 is 0 Å². The van der Waals surface area contributed by atoms with Crippen molar-refractivity contribution >= 4 is 5.95 Å². The second kappa shape index (κ2) is 7.13. The smallest absolute Gasteiger partial charge is 0.203 e. The average molecular weight is 271 g/mol.